The molecule has 1 aromatic rings. The smallest absolute Gasteiger partial charge is 0.310 e. The number of esters is 1. The third kappa shape index (κ3) is 2.98. The molecule has 3 atom stereocenters. The summed E-state index contributed by atoms with van der Waals surface area (Å²) in [5.41, 5.74) is 1.29. The van der Waals surface area contributed by atoms with Crippen LogP contribution in [0.3, 0.4) is 0 Å². The number of nitrogens with one attached hydrogen (secondary N) is 1. The van der Waals surface area contributed by atoms with E-state index in [-0.39, 0.29) is 23.3 Å². The molecule has 0 saturated carbocycles. The molecule has 19 heavy (non-hydrogen) atoms. The van der Waals surface area contributed by atoms with Gasteiger partial charge < -0.3 is 10.1 Å². The topological polar surface area (TPSA) is 38.3 Å². The fraction of sp³-hybridized carbons (Fsp3) is 0.562. The number of ether oxygens (including phenoxy) is 1. The number of hydrogen-bond donors (Lipinski definition) is 1. The largest absolute Gasteiger partial charge is 0.469 e. The predicted octanol–water partition coefficient (Wildman–Crippen LogP) is 2.92. The second-order valence-electron chi connectivity index (χ2n) is 6.34. The molecule has 1 aromatic carbocycles. The van der Waals surface area contributed by atoms with Gasteiger partial charge in [0.25, 0.3) is 0 Å². The molecule has 3 heteroatoms. The standard InChI is InChI=1S/C16H23NO2/c1-16(2,3)13-10-12(15(18)19-4)14(17-13)11-8-6-5-7-9-11/h5-9,12-14,17H,10H2,1-4H3/t12-,13-,14+/m0/s1. The van der Waals surface area contributed by atoms with Crippen LogP contribution in [0.2, 0.25) is 0 Å². The predicted molar refractivity (Wildman–Crippen MR) is 75.7 cm³/mol. The molecular weight excluding hydrogens is 238 g/mol. The molecule has 0 aliphatic carbocycles. The zero-order valence-electron chi connectivity index (χ0n) is 12.1. The summed E-state index contributed by atoms with van der Waals surface area (Å²) in [6.07, 6.45) is 0.829. The van der Waals surface area contributed by atoms with E-state index in [9.17, 15) is 4.79 Å². The lowest BCUT2D eigenvalue weighted by Gasteiger charge is -2.27. The van der Waals surface area contributed by atoms with Crippen LogP contribution < -0.4 is 5.32 Å². The highest BCUT2D eigenvalue weighted by Crippen LogP contribution is 2.39. The number of rotatable bonds is 2. The van der Waals surface area contributed by atoms with Crippen molar-refractivity contribution in [1.82, 2.24) is 5.32 Å². The molecule has 1 saturated heterocycles. The van der Waals surface area contributed by atoms with Crippen molar-refractivity contribution in [2.75, 3.05) is 7.11 Å². The molecule has 1 heterocycles. The van der Waals surface area contributed by atoms with Gasteiger partial charge in [0, 0.05) is 12.1 Å². The van der Waals surface area contributed by atoms with Crippen molar-refractivity contribution in [3.05, 3.63) is 35.9 Å². The first-order valence-corrected chi connectivity index (χ1v) is 6.82. The van der Waals surface area contributed by atoms with Gasteiger partial charge >= 0.3 is 5.97 Å². The number of carbonyl (C=O) groups excluding carboxylic acids is 1. The van der Waals surface area contributed by atoms with Crippen molar-refractivity contribution >= 4 is 5.97 Å². The Morgan fingerprint density at radius 2 is 1.89 bits per heavy atom. The highest BCUT2D eigenvalue weighted by molar-refractivity contribution is 5.74. The highest BCUT2D eigenvalue weighted by atomic mass is 16.5. The van der Waals surface area contributed by atoms with E-state index >= 15 is 0 Å². The molecule has 1 aliphatic rings. The van der Waals surface area contributed by atoms with Crippen LogP contribution >= 0.6 is 0 Å². The Bertz CT molecular complexity index is 436. The van der Waals surface area contributed by atoms with E-state index in [2.05, 4.69) is 38.2 Å². The lowest BCUT2D eigenvalue weighted by Crippen LogP contribution is -2.36. The lowest BCUT2D eigenvalue weighted by atomic mass is 9.83. The minimum Gasteiger partial charge on any atom is -0.469 e. The van der Waals surface area contributed by atoms with Crippen LogP contribution in [0.15, 0.2) is 30.3 Å². The summed E-state index contributed by atoms with van der Waals surface area (Å²) in [6.45, 7) is 6.60. The first kappa shape index (κ1) is 14.1. The van der Waals surface area contributed by atoms with Crippen LogP contribution in [0.5, 0.6) is 0 Å². The van der Waals surface area contributed by atoms with E-state index in [1.807, 2.05) is 18.2 Å². The molecule has 0 bridgehead atoms. The van der Waals surface area contributed by atoms with Crippen molar-refractivity contribution in [2.24, 2.45) is 11.3 Å². The highest BCUT2D eigenvalue weighted by Gasteiger charge is 2.43. The average Bonchev–Trinajstić information content (AvgIpc) is 2.83. The number of benzene rings is 1. The van der Waals surface area contributed by atoms with Crippen LogP contribution in [-0.4, -0.2) is 19.1 Å². The van der Waals surface area contributed by atoms with Crippen LogP contribution in [0.4, 0.5) is 0 Å². The summed E-state index contributed by atoms with van der Waals surface area (Å²) in [4.78, 5) is 12.0. The summed E-state index contributed by atoms with van der Waals surface area (Å²) in [7, 11) is 1.47. The summed E-state index contributed by atoms with van der Waals surface area (Å²) >= 11 is 0. The normalized spacial score (nSPS) is 27.3. The van der Waals surface area contributed by atoms with Gasteiger partial charge in [-0.05, 0) is 17.4 Å². The molecule has 0 amide bonds. The summed E-state index contributed by atoms with van der Waals surface area (Å²) < 4.78 is 4.97. The van der Waals surface area contributed by atoms with Gasteiger partial charge in [0.1, 0.15) is 0 Å². The van der Waals surface area contributed by atoms with Gasteiger partial charge in [-0.25, -0.2) is 0 Å². The Morgan fingerprint density at radius 3 is 2.42 bits per heavy atom. The van der Waals surface area contributed by atoms with E-state index in [0.717, 1.165) is 12.0 Å². The molecule has 0 aromatic heterocycles. The fourth-order valence-corrected chi connectivity index (χ4v) is 2.77. The molecular formula is C16H23NO2. The Hall–Kier alpha value is -1.35. The number of carbonyl (C=O) groups is 1. The molecule has 0 spiro atoms. The van der Waals surface area contributed by atoms with Gasteiger partial charge in [0.2, 0.25) is 0 Å². The second kappa shape index (κ2) is 5.33. The molecule has 104 valence electrons. The van der Waals surface area contributed by atoms with Crippen LogP contribution in [0, 0.1) is 11.3 Å². The molecule has 1 N–H and O–H groups in total. The molecule has 3 nitrogen and oxygen atoms in total. The van der Waals surface area contributed by atoms with E-state index in [1.54, 1.807) is 0 Å². The summed E-state index contributed by atoms with van der Waals surface area (Å²) in [6, 6.07) is 10.5. The van der Waals surface area contributed by atoms with Gasteiger partial charge in [-0.15, -0.1) is 0 Å². The maximum absolute atomic E-state index is 12.0. The van der Waals surface area contributed by atoms with Crippen molar-refractivity contribution < 1.29 is 9.53 Å². The van der Waals surface area contributed by atoms with E-state index in [4.69, 9.17) is 4.74 Å². The lowest BCUT2D eigenvalue weighted by molar-refractivity contribution is -0.145. The SMILES string of the molecule is COC(=O)[C@H]1C[C@@H](C(C)(C)C)N[C@@H]1c1ccccc1. The third-order valence-corrected chi connectivity index (χ3v) is 3.98. The zero-order valence-corrected chi connectivity index (χ0v) is 12.1. The Kier molecular flexibility index (Phi) is 3.95. The van der Waals surface area contributed by atoms with Gasteiger partial charge in [0.05, 0.1) is 13.0 Å². The molecule has 0 unspecified atom stereocenters. The quantitative estimate of drug-likeness (QED) is 0.832. The molecule has 1 aliphatic heterocycles. The first-order chi connectivity index (χ1) is 8.93. The minimum atomic E-state index is -0.117. The van der Waals surface area contributed by atoms with Crippen LogP contribution in [-0.2, 0) is 9.53 Å². The third-order valence-electron chi connectivity index (χ3n) is 3.98. The van der Waals surface area contributed by atoms with Crippen molar-refractivity contribution in [3.63, 3.8) is 0 Å². The Labute approximate surface area is 115 Å². The monoisotopic (exact) mass is 261 g/mol. The zero-order chi connectivity index (χ0) is 14.0. The van der Waals surface area contributed by atoms with Crippen molar-refractivity contribution in [1.29, 1.82) is 0 Å². The summed E-state index contributed by atoms with van der Waals surface area (Å²) in [5.74, 6) is -0.218. The van der Waals surface area contributed by atoms with Gasteiger partial charge in [0.15, 0.2) is 0 Å². The Balaban J connectivity index is 2.27. The van der Waals surface area contributed by atoms with E-state index in [0.29, 0.717) is 6.04 Å². The first-order valence-electron chi connectivity index (χ1n) is 6.82. The van der Waals surface area contributed by atoms with Gasteiger partial charge in [-0.1, -0.05) is 51.1 Å². The van der Waals surface area contributed by atoms with E-state index in [1.165, 1.54) is 7.11 Å². The number of hydrogen-bond acceptors (Lipinski definition) is 3. The fourth-order valence-electron chi connectivity index (χ4n) is 2.77. The maximum atomic E-state index is 12.0. The molecule has 2 rings (SSSR count). The van der Waals surface area contributed by atoms with E-state index < -0.39 is 0 Å². The molecule has 0 radical (unpaired) electrons. The molecule has 1 fully saturated rings. The van der Waals surface area contributed by atoms with Gasteiger partial charge in [-0.3, -0.25) is 4.79 Å². The van der Waals surface area contributed by atoms with Crippen LogP contribution in [0.25, 0.3) is 0 Å². The minimum absolute atomic E-state index is 0.0536. The Morgan fingerprint density at radius 1 is 1.26 bits per heavy atom. The van der Waals surface area contributed by atoms with Crippen LogP contribution in [0.1, 0.15) is 38.8 Å². The average molecular weight is 261 g/mol. The maximum Gasteiger partial charge on any atom is 0.310 e. The van der Waals surface area contributed by atoms with Crippen molar-refractivity contribution in [3.8, 4) is 0 Å². The second-order valence-corrected chi connectivity index (χ2v) is 6.34. The van der Waals surface area contributed by atoms with Gasteiger partial charge in [-0.2, -0.15) is 0 Å². The van der Waals surface area contributed by atoms with Crippen molar-refractivity contribution in [2.45, 2.75) is 39.3 Å². The number of methoxy groups -OCH3 is 1. The summed E-state index contributed by atoms with van der Waals surface area (Å²) in [5, 5.41) is 3.61.